The van der Waals surface area contributed by atoms with E-state index in [1.807, 2.05) is 45.9 Å². The van der Waals surface area contributed by atoms with Gasteiger partial charge >= 0.3 is 5.97 Å². The first-order chi connectivity index (χ1) is 12.6. The molecular weight excluding hydrogens is 342 g/mol. The van der Waals surface area contributed by atoms with Gasteiger partial charge in [0.05, 0.1) is 0 Å². The molecule has 2 heterocycles. The van der Waals surface area contributed by atoms with Crippen LogP contribution in [0.3, 0.4) is 0 Å². The van der Waals surface area contributed by atoms with Crippen molar-refractivity contribution in [2.75, 3.05) is 0 Å². The van der Waals surface area contributed by atoms with Gasteiger partial charge in [-0.3, -0.25) is 9.59 Å². The molecule has 2 aromatic heterocycles. The Kier molecular flexibility index (Phi) is 4.83. The van der Waals surface area contributed by atoms with E-state index in [0.29, 0.717) is 11.4 Å². The van der Waals surface area contributed by atoms with Crippen LogP contribution in [0.25, 0.3) is 22.0 Å². The predicted molar refractivity (Wildman–Crippen MR) is 104 cm³/mol. The van der Waals surface area contributed by atoms with Gasteiger partial charge in [0.2, 0.25) is 0 Å². The number of Topliss-reactive ketones (excluding diaryl/α,β-unsaturated/α-hetero) is 1. The largest absolute Gasteiger partial charge is 0.459 e. The number of carbonyl (C=O) groups is 2. The number of fused-ring (bicyclic) bond motifs is 1. The summed E-state index contributed by atoms with van der Waals surface area (Å²) in [6.07, 6.45) is 5.23. The minimum atomic E-state index is -0.554. The standard InChI is InChI=1S/C21H23N3O3/c1-13(25)18-11-24(12-20(26)27-21(3,4)5)19-7-6-15(8-17(18)19)16-9-22-14(2)23-10-16/h6-11H,12H2,1-5H3. The molecule has 0 atom stereocenters. The number of benzene rings is 1. The first-order valence-corrected chi connectivity index (χ1v) is 8.79. The lowest BCUT2D eigenvalue weighted by atomic mass is 10.0. The molecule has 6 nitrogen and oxygen atoms in total. The highest BCUT2D eigenvalue weighted by Crippen LogP contribution is 2.28. The molecule has 1 aromatic carbocycles. The van der Waals surface area contributed by atoms with E-state index in [4.69, 9.17) is 4.74 Å². The van der Waals surface area contributed by atoms with Gasteiger partial charge in [0.25, 0.3) is 0 Å². The van der Waals surface area contributed by atoms with Crippen LogP contribution in [0.2, 0.25) is 0 Å². The summed E-state index contributed by atoms with van der Waals surface area (Å²) >= 11 is 0. The number of aryl methyl sites for hydroxylation is 1. The second kappa shape index (κ2) is 6.95. The number of nitrogens with zero attached hydrogens (tertiary/aromatic N) is 3. The maximum absolute atomic E-state index is 12.2. The molecular formula is C21H23N3O3. The van der Waals surface area contributed by atoms with E-state index in [0.717, 1.165) is 22.0 Å². The summed E-state index contributed by atoms with van der Waals surface area (Å²) in [4.78, 5) is 32.8. The summed E-state index contributed by atoms with van der Waals surface area (Å²) in [7, 11) is 0. The fourth-order valence-corrected chi connectivity index (χ4v) is 2.94. The Morgan fingerprint density at radius 1 is 1.11 bits per heavy atom. The van der Waals surface area contributed by atoms with E-state index in [9.17, 15) is 9.59 Å². The highest BCUT2D eigenvalue weighted by molar-refractivity contribution is 6.08. The van der Waals surface area contributed by atoms with Gasteiger partial charge < -0.3 is 9.30 Å². The van der Waals surface area contributed by atoms with E-state index in [1.54, 1.807) is 23.2 Å². The lowest BCUT2D eigenvalue weighted by Gasteiger charge is -2.19. The summed E-state index contributed by atoms with van der Waals surface area (Å²) in [6.45, 7) is 8.89. The molecule has 0 aliphatic heterocycles. The van der Waals surface area contributed by atoms with Gasteiger partial charge in [-0.2, -0.15) is 0 Å². The Morgan fingerprint density at radius 2 is 1.78 bits per heavy atom. The SMILES string of the molecule is CC(=O)c1cn(CC(=O)OC(C)(C)C)c2ccc(-c3cnc(C)nc3)cc12. The van der Waals surface area contributed by atoms with Crippen molar-refractivity contribution in [1.29, 1.82) is 0 Å². The lowest BCUT2D eigenvalue weighted by molar-refractivity contribution is -0.155. The van der Waals surface area contributed by atoms with Gasteiger partial charge in [-0.05, 0) is 52.3 Å². The summed E-state index contributed by atoms with van der Waals surface area (Å²) in [5.41, 5.74) is 2.62. The maximum atomic E-state index is 12.2. The van der Waals surface area contributed by atoms with Crippen molar-refractivity contribution in [2.24, 2.45) is 0 Å². The van der Waals surface area contributed by atoms with Crippen molar-refractivity contribution in [3.05, 3.63) is 48.2 Å². The zero-order valence-corrected chi connectivity index (χ0v) is 16.2. The molecule has 3 aromatic rings. The van der Waals surface area contributed by atoms with Crippen LogP contribution in [0.4, 0.5) is 0 Å². The molecule has 140 valence electrons. The van der Waals surface area contributed by atoms with Crippen molar-refractivity contribution >= 4 is 22.7 Å². The number of ketones is 1. The highest BCUT2D eigenvalue weighted by atomic mass is 16.6. The first kappa shape index (κ1) is 18.8. The fraction of sp³-hybridized carbons (Fsp3) is 0.333. The summed E-state index contributed by atoms with van der Waals surface area (Å²) < 4.78 is 7.16. The highest BCUT2D eigenvalue weighted by Gasteiger charge is 2.19. The molecule has 0 fully saturated rings. The number of hydrogen-bond donors (Lipinski definition) is 0. The molecule has 0 spiro atoms. The van der Waals surface area contributed by atoms with Crippen molar-refractivity contribution in [2.45, 2.75) is 46.8 Å². The molecule has 0 radical (unpaired) electrons. The molecule has 0 aliphatic rings. The molecule has 0 amide bonds. The van der Waals surface area contributed by atoms with Crippen molar-refractivity contribution in [1.82, 2.24) is 14.5 Å². The fourth-order valence-electron chi connectivity index (χ4n) is 2.94. The number of esters is 1. The molecule has 27 heavy (non-hydrogen) atoms. The Morgan fingerprint density at radius 3 is 2.37 bits per heavy atom. The normalized spacial score (nSPS) is 11.6. The Hall–Kier alpha value is -3.02. The summed E-state index contributed by atoms with van der Waals surface area (Å²) in [5.74, 6) is 0.304. The van der Waals surface area contributed by atoms with E-state index < -0.39 is 5.60 Å². The van der Waals surface area contributed by atoms with Crippen LogP contribution in [0.5, 0.6) is 0 Å². The Labute approximate surface area is 158 Å². The van der Waals surface area contributed by atoms with Crippen LogP contribution in [-0.4, -0.2) is 31.9 Å². The predicted octanol–water partition coefficient (Wildman–Crippen LogP) is 3.95. The number of carbonyl (C=O) groups excluding carboxylic acids is 2. The molecule has 0 saturated carbocycles. The molecule has 0 saturated heterocycles. The topological polar surface area (TPSA) is 74.1 Å². The van der Waals surface area contributed by atoms with Gasteiger partial charge in [0.1, 0.15) is 18.0 Å². The van der Waals surface area contributed by atoms with Crippen LogP contribution in [0, 0.1) is 6.92 Å². The van der Waals surface area contributed by atoms with E-state index in [2.05, 4.69) is 9.97 Å². The number of hydrogen-bond acceptors (Lipinski definition) is 5. The van der Waals surface area contributed by atoms with E-state index in [1.165, 1.54) is 6.92 Å². The average molecular weight is 365 g/mol. The Balaban J connectivity index is 2.03. The van der Waals surface area contributed by atoms with Gasteiger partial charge in [-0.1, -0.05) is 6.07 Å². The second-order valence-electron chi connectivity index (χ2n) is 7.56. The summed E-state index contributed by atoms with van der Waals surface area (Å²) in [6, 6.07) is 5.78. The maximum Gasteiger partial charge on any atom is 0.326 e. The number of rotatable bonds is 4. The second-order valence-corrected chi connectivity index (χ2v) is 7.56. The molecule has 0 N–H and O–H groups in total. The molecule has 3 rings (SSSR count). The van der Waals surface area contributed by atoms with Crippen LogP contribution in [0.1, 0.15) is 43.9 Å². The third kappa shape index (κ3) is 4.22. The Bertz CT molecular complexity index is 1010. The minimum Gasteiger partial charge on any atom is -0.459 e. The minimum absolute atomic E-state index is 0.0496. The average Bonchev–Trinajstić information content (AvgIpc) is 2.92. The summed E-state index contributed by atoms with van der Waals surface area (Å²) in [5, 5.41) is 0.795. The third-order valence-electron chi connectivity index (χ3n) is 4.09. The van der Waals surface area contributed by atoms with Gasteiger partial charge in [0, 0.05) is 40.6 Å². The molecule has 0 bridgehead atoms. The van der Waals surface area contributed by atoms with E-state index in [-0.39, 0.29) is 18.3 Å². The van der Waals surface area contributed by atoms with Gasteiger partial charge in [-0.25, -0.2) is 9.97 Å². The van der Waals surface area contributed by atoms with Crippen molar-refractivity contribution < 1.29 is 14.3 Å². The van der Waals surface area contributed by atoms with Crippen molar-refractivity contribution in [3.8, 4) is 11.1 Å². The third-order valence-corrected chi connectivity index (χ3v) is 4.09. The van der Waals surface area contributed by atoms with Gasteiger partial charge in [-0.15, -0.1) is 0 Å². The van der Waals surface area contributed by atoms with Crippen molar-refractivity contribution in [3.63, 3.8) is 0 Å². The molecule has 0 unspecified atom stereocenters. The van der Waals surface area contributed by atoms with Crippen LogP contribution >= 0.6 is 0 Å². The molecule has 6 heteroatoms. The van der Waals surface area contributed by atoms with Crippen LogP contribution < -0.4 is 0 Å². The number of ether oxygens (including phenoxy) is 1. The lowest BCUT2D eigenvalue weighted by Crippen LogP contribution is -2.26. The number of aromatic nitrogens is 3. The van der Waals surface area contributed by atoms with Gasteiger partial charge in [0.15, 0.2) is 5.78 Å². The smallest absolute Gasteiger partial charge is 0.326 e. The van der Waals surface area contributed by atoms with Crippen LogP contribution in [0.15, 0.2) is 36.8 Å². The van der Waals surface area contributed by atoms with E-state index >= 15 is 0 Å². The van der Waals surface area contributed by atoms with Crippen LogP contribution in [-0.2, 0) is 16.1 Å². The zero-order chi connectivity index (χ0) is 19.8. The molecule has 0 aliphatic carbocycles. The quantitative estimate of drug-likeness (QED) is 0.517. The first-order valence-electron chi connectivity index (χ1n) is 8.79. The monoisotopic (exact) mass is 365 g/mol. The zero-order valence-electron chi connectivity index (χ0n) is 16.2.